The summed E-state index contributed by atoms with van der Waals surface area (Å²) in [6.45, 7) is 3.79. The smallest absolute Gasteiger partial charge is 0.144 e. The first-order chi connectivity index (χ1) is 9.08. The van der Waals surface area contributed by atoms with Crippen LogP contribution in [0, 0.1) is 12.7 Å². The number of Topliss-reactive ketones (excluding diaryl/α,β-unsaturated/α-hetero) is 1. The van der Waals surface area contributed by atoms with E-state index in [0.717, 1.165) is 16.7 Å². The van der Waals surface area contributed by atoms with Crippen LogP contribution in [0.2, 0.25) is 0 Å². The van der Waals surface area contributed by atoms with Crippen LogP contribution in [-0.4, -0.2) is 5.78 Å². The topological polar surface area (TPSA) is 17.1 Å². The summed E-state index contributed by atoms with van der Waals surface area (Å²) >= 11 is 0. The van der Waals surface area contributed by atoms with E-state index in [9.17, 15) is 9.18 Å². The van der Waals surface area contributed by atoms with E-state index in [1.165, 1.54) is 12.1 Å². The normalized spacial score (nSPS) is 12.2. The molecule has 0 radical (unpaired) electrons. The molecule has 1 nitrogen and oxygen atoms in total. The molecule has 0 bridgehead atoms. The van der Waals surface area contributed by atoms with Crippen LogP contribution in [0.3, 0.4) is 0 Å². The molecule has 0 heterocycles. The average molecular weight is 256 g/mol. The Morgan fingerprint density at radius 2 is 1.84 bits per heavy atom. The average Bonchev–Trinajstić information content (AvgIpc) is 2.43. The van der Waals surface area contributed by atoms with Gasteiger partial charge >= 0.3 is 0 Å². The Kier molecular flexibility index (Phi) is 4.10. The van der Waals surface area contributed by atoms with Gasteiger partial charge in [0.1, 0.15) is 11.6 Å². The van der Waals surface area contributed by atoms with E-state index < -0.39 is 0 Å². The van der Waals surface area contributed by atoms with Crippen molar-refractivity contribution >= 4 is 5.78 Å². The van der Waals surface area contributed by atoms with Crippen molar-refractivity contribution in [2.75, 3.05) is 0 Å². The van der Waals surface area contributed by atoms with Gasteiger partial charge in [-0.1, -0.05) is 43.3 Å². The largest absolute Gasteiger partial charge is 0.299 e. The molecule has 0 saturated carbocycles. The van der Waals surface area contributed by atoms with E-state index in [-0.39, 0.29) is 23.9 Å². The predicted octanol–water partition coefficient (Wildman–Crippen LogP) is 4.05. The molecular weight excluding hydrogens is 239 g/mol. The van der Waals surface area contributed by atoms with Gasteiger partial charge in [0.15, 0.2) is 0 Å². The monoisotopic (exact) mass is 256 g/mol. The van der Waals surface area contributed by atoms with E-state index in [1.807, 2.05) is 44.2 Å². The first-order valence-electron chi connectivity index (χ1n) is 6.40. The zero-order chi connectivity index (χ0) is 13.8. The predicted molar refractivity (Wildman–Crippen MR) is 74.7 cm³/mol. The van der Waals surface area contributed by atoms with Crippen molar-refractivity contribution in [3.05, 3.63) is 71.0 Å². The minimum atomic E-state index is -0.291. The Bertz CT molecular complexity index is 575. The maximum Gasteiger partial charge on any atom is 0.144 e. The second-order valence-electron chi connectivity index (χ2n) is 4.85. The molecule has 2 rings (SSSR count). The van der Waals surface area contributed by atoms with E-state index >= 15 is 0 Å². The SMILES string of the molecule is Cc1ccc(F)cc1CC(=O)C(C)c1ccccc1. The summed E-state index contributed by atoms with van der Waals surface area (Å²) in [5.74, 6) is -0.343. The van der Waals surface area contributed by atoms with Crippen molar-refractivity contribution in [2.45, 2.75) is 26.2 Å². The molecule has 19 heavy (non-hydrogen) atoms. The molecular formula is C17H17FO. The van der Waals surface area contributed by atoms with Crippen molar-refractivity contribution in [1.29, 1.82) is 0 Å². The van der Waals surface area contributed by atoms with Gasteiger partial charge in [-0.3, -0.25) is 4.79 Å². The first-order valence-corrected chi connectivity index (χ1v) is 6.40. The molecule has 0 aliphatic rings. The molecule has 0 amide bonds. The maximum absolute atomic E-state index is 13.2. The number of ketones is 1. The summed E-state index contributed by atoms with van der Waals surface area (Å²) in [5.41, 5.74) is 2.73. The molecule has 0 aromatic heterocycles. The molecule has 0 N–H and O–H groups in total. The van der Waals surface area contributed by atoms with Crippen molar-refractivity contribution in [3.8, 4) is 0 Å². The minimum Gasteiger partial charge on any atom is -0.299 e. The highest BCUT2D eigenvalue weighted by molar-refractivity contribution is 5.87. The number of benzene rings is 2. The van der Waals surface area contributed by atoms with Gasteiger partial charge in [-0.2, -0.15) is 0 Å². The van der Waals surface area contributed by atoms with Crippen LogP contribution >= 0.6 is 0 Å². The molecule has 1 unspecified atom stereocenters. The molecule has 2 heteroatoms. The molecule has 0 aliphatic carbocycles. The van der Waals surface area contributed by atoms with Gasteiger partial charge in [0, 0.05) is 12.3 Å². The highest BCUT2D eigenvalue weighted by Gasteiger charge is 2.16. The standard InChI is InChI=1S/C17H17FO/c1-12-8-9-16(18)10-15(12)11-17(19)13(2)14-6-4-3-5-7-14/h3-10,13H,11H2,1-2H3. The van der Waals surface area contributed by atoms with Crippen LogP contribution in [0.5, 0.6) is 0 Å². The van der Waals surface area contributed by atoms with Crippen LogP contribution in [0.1, 0.15) is 29.5 Å². The zero-order valence-electron chi connectivity index (χ0n) is 11.2. The number of rotatable bonds is 4. The summed E-state index contributed by atoms with van der Waals surface area (Å²) in [6.07, 6.45) is 0.277. The van der Waals surface area contributed by atoms with Crippen LogP contribution in [0.25, 0.3) is 0 Å². The molecule has 0 fully saturated rings. The maximum atomic E-state index is 13.2. The second kappa shape index (κ2) is 5.79. The highest BCUT2D eigenvalue weighted by Crippen LogP contribution is 2.19. The fraction of sp³-hybridized carbons (Fsp3) is 0.235. The lowest BCUT2D eigenvalue weighted by Crippen LogP contribution is -2.12. The van der Waals surface area contributed by atoms with Crippen LogP contribution < -0.4 is 0 Å². The number of hydrogen-bond donors (Lipinski definition) is 0. The molecule has 0 spiro atoms. The van der Waals surface area contributed by atoms with Gasteiger partial charge in [-0.15, -0.1) is 0 Å². The molecule has 2 aromatic rings. The lowest BCUT2D eigenvalue weighted by Gasteiger charge is -2.12. The summed E-state index contributed by atoms with van der Waals surface area (Å²) in [6, 6.07) is 14.2. The van der Waals surface area contributed by atoms with E-state index in [4.69, 9.17) is 0 Å². The Morgan fingerprint density at radius 1 is 1.16 bits per heavy atom. The summed E-state index contributed by atoms with van der Waals surface area (Å²) in [5, 5.41) is 0. The number of hydrogen-bond acceptors (Lipinski definition) is 1. The second-order valence-corrected chi connectivity index (χ2v) is 4.85. The van der Waals surface area contributed by atoms with Gasteiger partial charge in [0.2, 0.25) is 0 Å². The van der Waals surface area contributed by atoms with Gasteiger partial charge in [0.05, 0.1) is 0 Å². The van der Waals surface area contributed by atoms with Crippen molar-refractivity contribution < 1.29 is 9.18 Å². The first kappa shape index (κ1) is 13.5. The zero-order valence-corrected chi connectivity index (χ0v) is 11.2. The molecule has 98 valence electrons. The Hall–Kier alpha value is -1.96. The summed E-state index contributed by atoms with van der Waals surface area (Å²) in [7, 11) is 0. The van der Waals surface area contributed by atoms with E-state index in [0.29, 0.717) is 0 Å². The summed E-state index contributed by atoms with van der Waals surface area (Å²) < 4.78 is 13.2. The fourth-order valence-corrected chi connectivity index (χ4v) is 2.10. The Balaban J connectivity index is 2.15. The number of carbonyl (C=O) groups is 1. The third kappa shape index (κ3) is 3.28. The quantitative estimate of drug-likeness (QED) is 0.806. The summed E-state index contributed by atoms with van der Waals surface area (Å²) in [4.78, 5) is 12.3. The van der Waals surface area contributed by atoms with Crippen LogP contribution in [-0.2, 0) is 11.2 Å². The van der Waals surface area contributed by atoms with Gasteiger partial charge in [0.25, 0.3) is 0 Å². The molecule has 2 aromatic carbocycles. The van der Waals surface area contributed by atoms with Crippen molar-refractivity contribution in [1.82, 2.24) is 0 Å². The third-order valence-corrected chi connectivity index (χ3v) is 3.46. The lowest BCUT2D eigenvalue weighted by molar-refractivity contribution is -0.119. The molecule has 1 atom stereocenters. The van der Waals surface area contributed by atoms with Crippen molar-refractivity contribution in [3.63, 3.8) is 0 Å². The highest BCUT2D eigenvalue weighted by atomic mass is 19.1. The van der Waals surface area contributed by atoms with Crippen LogP contribution in [0.4, 0.5) is 4.39 Å². The van der Waals surface area contributed by atoms with Crippen molar-refractivity contribution in [2.24, 2.45) is 0 Å². The molecule has 0 aliphatic heterocycles. The minimum absolute atomic E-state index is 0.111. The Labute approximate surface area is 113 Å². The number of halogens is 1. The van der Waals surface area contributed by atoms with Gasteiger partial charge < -0.3 is 0 Å². The van der Waals surface area contributed by atoms with E-state index in [2.05, 4.69) is 0 Å². The molecule has 0 saturated heterocycles. The number of aryl methyl sites for hydroxylation is 1. The Morgan fingerprint density at radius 3 is 2.53 bits per heavy atom. The van der Waals surface area contributed by atoms with Crippen LogP contribution in [0.15, 0.2) is 48.5 Å². The third-order valence-electron chi connectivity index (χ3n) is 3.46. The van der Waals surface area contributed by atoms with Gasteiger partial charge in [-0.05, 0) is 35.7 Å². The number of carbonyl (C=O) groups excluding carboxylic acids is 1. The van der Waals surface area contributed by atoms with Gasteiger partial charge in [-0.25, -0.2) is 4.39 Å². The fourth-order valence-electron chi connectivity index (χ4n) is 2.10. The van der Waals surface area contributed by atoms with E-state index in [1.54, 1.807) is 6.07 Å². The lowest BCUT2D eigenvalue weighted by atomic mass is 9.91.